The maximum Gasteiger partial charge on any atom is 0.261 e. The van der Waals surface area contributed by atoms with Crippen LogP contribution in [0.3, 0.4) is 0 Å². The molecule has 0 bridgehead atoms. The van der Waals surface area contributed by atoms with Gasteiger partial charge in [0.15, 0.2) is 0 Å². The van der Waals surface area contributed by atoms with E-state index in [0.717, 1.165) is 0 Å². The molecule has 152 valence electrons. The third kappa shape index (κ3) is 6.55. The van der Waals surface area contributed by atoms with Crippen molar-refractivity contribution in [3.05, 3.63) is 89.5 Å². The number of benzene rings is 3. The summed E-state index contributed by atoms with van der Waals surface area (Å²) in [5.74, 6) is 0. The minimum atomic E-state index is -0.508. The molecular weight excluding hydrogens is 382 g/mol. The van der Waals surface area contributed by atoms with Crippen molar-refractivity contribution in [1.29, 1.82) is 0 Å². The largest absolute Gasteiger partial charge is 0.261 e. The van der Waals surface area contributed by atoms with Crippen molar-refractivity contribution in [3.8, 4) is 0 Å². The van der Waals surface area contributed by atoms with Crippen LogP contribution >= 0.6 is 7.92 Å². The van der Waals surface area contributed by atoms with Gasteiger partial charge in [-0.15, -0.1) is 0 Å². The lowest BCUT2D eigenvalue weighted by Crippen LogP contribution is -2.25. The van der Waals surface area contributed by atoms with Crippen molar-refractivity contribution in [2.75, 3.05) is 0 Å². The van der Waals surface area contributed by atoms with Crippen molar-refractivity contribution >= 4 is 38.0 Å². The van der Waals surface area contributed by atoms with Crippen LogP contribution in [0.1, 0.15) is 37.5 Å². The summed E-state index contributed by atoms with van der Waals surface area (Å²) >= 11 is -0.171. The molecular formula is C27H36AlP. The standard InChI is InChI=1S/C21H21P.3C2H5.Al/c1-16-10-4-7-13-19(16)22(20-14-8-5-11-17(20)2)21-15-9-6-12-18(21)3;3*1-2;/h4-15H,1-3H3;3*1H2,2H3;. The molecule has 0 saturated carbocycles. The molecule has 0 nitrogen and oxygen atoms in total. The summed E-state index contributed by atoms with van der Waals surface area (Å²) < 4.78 is 0. The van der Waals surface area contributed by atoms with Crippen LogP contribution in [0.15, 0.2) is 72.8 Å². The van der Waals surface area contributed by atoms with E-state index in [9.17, 15) is 0 Å². The van der Waals surface area contributed by atoms with Gasteiger partial charge in [0.25, 0.3) is 14.1 Å². The van der Waals surface area contributed by atoms with Gasteiger partial charge in [-0.3, -0.25) is 0 Å². The molecule has 2 heteroatoms. The van der Waals surface area contributed by atoms with Gasteiger partial charge < -0.3 is 0 Å². The summed E-state index contributed by atoms with van der Waals surface area (Å²) in [4.78, 5) is 0. The van der Waals surface area contributed by atoms with E-state index in [-0.39, 0.29) is 14.1 Å². The molecule has 0 aliphatic heterocycles. The van der Waals surface area contributed by atoms with Gasteiger partial charge in [0, 0.05) is 0 Å². The summed E-state index contributed by atoms with van der Waals surface area (Å²) in [6.07, 6.45) is 0. The van der Waals surface area contributed by atoms with Gasteiger partial charge in [-0.1, -0.05) is 109 Å². The van der Waals surface area contributed by atoms with E-state index in [0.29, 0.717) is 0 Å². The molecule has 29 heavy (non-hydrogen) atoms. The molecule has 3 aromatic carbocycles. The molecule has 3 aromatic rings. The molecule has 0 amide bonds. The average molecular weight is 419 g/mol. The van der Waals surface area contributed by atoms with Gasteiger partial charge in [0.2, 0.25) is 0 Å². The lowest BCUT2D eigenvalue weighted by molar-refractivity contribution is 1.24. The molecule has 0 aromatic heterocycles. The molecule has 0 aliphatic rings. The Balaban J connectivity index is 0.000000370. The van der Waals surface area contributed by atoms with Crippen LogP contribution in [0.25, 0.3) is 0 Å². The zero-order valence-electron chi connectivity index (χ0n) is 19.1. The molecule has 0 spiro atoms. The molecule has 0 radical (unpaired) electrons. The Hall–Kier alpha value is -1.38. The van der Waals surface area contributed by atoms with Crippen molar-refractivity contribution in [2.45, 2.75) is 57.4 Å². The molecule has 0 N–H and O–H groups in total. The number of hydrogen-bond donors (Lipinski definition) is 0. The topological polar surface area (TPSA) is 0 Å². The average Bonchev–Trinajstić information content (AvgIpc) is 2.74. The minimum absolute atomic E-state index is 0.171. The highest BCUT2D eigenvalue weighted by Crippen LogP contribution is 2.36. The van der Waals surface area contributed by atoms with E-state index in [2.05, 4.69) is 114 Å². The van der Waals surface area contributed by atoms with E-state index in [4.69, 9.17) is 0 Å². The monoisotopic (exact) mass is 418 g/mol. The Kier molecular flexibility index (Phi) is 10.2. The fourth-order valence-electron chi connectivity index (χ4n) is 3.70. The molecule has 0 fully saturated rings. The van der Waals surface area contributed by atoms with Gasteiger partial charge >= 0.3 is 0 Å². The normalized spacial score (nSPS) is 10.4. The summed E-state index contributed by atoms with van der Waals surface area (Å²) in [7, 11) is -0.508. The molecule has 0 heterocycles. The Labute approximate surface area is 184 Å². The first-order valence-corrected chi connectivity index (χ1v) is 14.8. The summed E-state index contributed by atoms with van der Waals surface area (Å²) in [5, 5.41) is 8.86. The maximum absolute atomic E-state index is 2.32. The fraction of sp³-hybridized carbons (Fsp3) is 0.333. The highest BCUT2D eigenvalue weighted by atomic mass is 31.1. The first-order chi connectivity index (χ1) is 14.0. The number of hydrogen-bond acceptors (Lipinski definition) is 0. The van der Waals surface area contributed by atoms with Crippen LogP contribution in [0.5, 0.6) is 0 Å². The van der Waals surface area contributed by atoms with E-state index in [1.807, 2.05) is 0 Å². The smallest absolute Gasteiger partial charge is 0.0967 e. The fourth-order valence-corrected chi connectivity index (χ4v) is 8.20. The second-order valence-corrected chi connectivity index (χ2v) is 14.1. The van der Waals surface area contributed by atoms with Gasteiger partial charge in [-0.2, -0.15) is 0 Å². The van der Waals surface area contributed by atoms with E-state index in [1.54, 1.807) is 0 Å². The third-order valence-electron chi connectivity index (χ3n) is 5.80. The second-order valence-electron chi connectivity index (χ2n) is 7.79. The number of rotatable bonds is 6. The number of aryl methyl sites for hydroxylation is 3. The van der Waals surface area contributed by atoms with Crippen LogP contribution in [0.4, 0.5) is 0 Å². The summed E-state index contributed by atoms with van der Waals surface area (Å²) in [5.41, 5.74) is 4.13. The van der Waals surface area contributed by atoms with Crippen LogP contribution in [0.2, 0.25) is 15.8 Å². The third-order valence-corrected chi connectivity index (χ3v) is 12.2. The molecule has 0 unspecified atom stereocenters. The van der Waals surface area contributed by atoms with Crippen LogP contribution < -0.4 is 15.9 Å². The van der Waals surface area contributed by atoms with Crippen LogP contribution in [0, 0.1) is 20.8 Å². The molecule has 3 rings (SSSR count). The molecule has 0 atom stereocenters. The van der Waals surface area contributed by atoms with Crippen molar-refractivity contribution in [3.63, 3.8) is 0 Å². The second kappa shape index (κ2) is 12.3. The highest BCUT2D eigenvalue weighted by molar-refractivity contribution is 7.80. The van der Waals surface area contributed by atoms with Gasteiger partial charge in [-0.25, -0.2) is 0 Å². The minimum Gasteiger partial charge on any atom is -0.0967 e. The Morgan fingerprint density at radius 2 is 0.793 bits per heavy atom. The first-order valence-electron chi connectivity index (χ1n) is 11.0. The van der Waals surface area contributed by atoms with E-state index in [1.165, 1.54) is 48.5 Å². The van der Waals surface area contributed by atoms with Gasteiger partial charge in [0.1, 0.15) is 0 Å². The SMILES string of the molecule is C[CH2][Al]([CH2]C)[CH2]C.Cc1ccccc1P(c1ccccc1C)c1ccccc1C. The van der Waals surface area contributed by atoms with Crippen LogP contribution in [-0.4, -0.2) is 14.1 Å². The lowest BCUT2D eigenvalue weighted by Gasteiger charge is -2.24. The van der Waals surface area contributed by atoms with Crippen molar-refractivity contribution in [2.24, 2.45) is 0 Å². The van der Waals surface area contributed by atoms with Crippen molar-refractivity contribution < 1.29 is 0 Å². The summed E-state index contributed by atoms with van der Waals surface area (Å²) in [6, 6.07) is 26.4. The van der Waals surface area contributed by atoms with Gasteiger partial charge in [0.05, 0.1) is 0 Å². The Morgan fingerprint density at radius 1 is 0.517 bits per heavy atom. The zero-order chi connectivity index (χ0) is 21.2. The maximum atomic E-state index is 2.32. The highest BCUT2D eigenvalue weighted by Gasteiger charge is 2.20. The predicted octanol–water partition coefficient (Wildman–Crippen LogP) is 6.91. The zero-order valence-corrected chi connectivity index (χ0v) is 21.1. The Bertz CT molecular complexity index is 769. The van der Waals surface area contributed by atoms with E-state index >= 15 is 0 Å². The van der Waals surface area contributed by atoms with Gasteiger partial charge in [-0.05, 0) is 61.3 Å². The molecule has 0 saturated heterocycles. The van der Waals surface area contributed by atoms with E-state index < -0.39 is 7.92 Å². The molecule has 0 aliphatic carbocycles. The van der Waals surface area contributed by atoms with Crippen molar-refractivity contribution in [1.82, 2.24) is 0 Å². The Morgan fingerprint density at radius 3 is 1.00 bits per heavy atom. The first kappa shape index (κ1) is 23.9. The predicted molar refractivity (Wildman–Crippen MR) is 137 cm³/mol. The quantitative estimate of drug-likeness (QED) is 0.301. The summed E-state index contributed by atoms with van der Waals surface area (Å²) in [6.45, 7) is 13.6. The lowest BCUT2D eigenvalue weighted by atomic mass is 10.2. The van der Waals surface area contributed by atoms with Crippen LogP contribution in [-0.2, 0) is 0 Å².